The third-order valence-electron chi connectivity index (χ3n) is 2.38. The van der Waals surface area contributed by atoms with Crippen molar-refractivity contribution in [3.05, 3.63) is 23.8 Å². The van der Waals surface area contributed by atoms with E-state index in [1.165, 1.54) is 0 Å². The van der Waals surface area contributed by atoms with Crippen molar-refractivity contribution in [3.8, 4) is 23.8 Å². The fourth-order valence-electron chi connectivity index (χ4n) is 1.54. The molecule has 3 nitrogen and oxygen atoms in total. The molecule has 0 radical (unpaired) electrons. The Kier molecular flexibility index (Phi) is 5.79. The van der Waals surface area contributed by atoms with Crippen LogP contribution < -0.4 is 9.47 Å². The number of terminal acetylenes is 1. The van der Waals surface area contributed by atoms with Crippen molar-refractivity contribution in [2.24, 2.45) is 0 Å². The lowest BCUT2D eigenvalue weighted by molar-refractivity contribution is -0.116. The molecule has 0 aliphatic rings. The molecular weight excluding hydrogens is 228 g/mol. The maximum absolute atomic E-state index is 11.0. The van der Waals surface area contributed by atoms with Gasteiger partial charge >= 0.3 is 0 Å². The Morgan fingerprint density at radius 3 is 2.72 bits per heavy atom. The number of aryl methyl sites for hydroxylation is 1. The predicted molar refractivity (Wildman–Crippen MR) is 70.9 cm³/mol. The van der Waals surface area contributed by atoms with Gasteiger partial charge < -0.3 is 14.3 Å². The highest BCUT2D eigenvalue weighted by Gasteiger charge is 2.06. The Labute approximate surface area is 108 Å². The molecule has 0 aliphatic carbocycles. The van der Waals surface area contributed by atoms with Gasteiger partial charge in [-0.2, -0.15) is 0 Å². The molecule has 0 fully saturated rings. The minimum absolute atomic E-state index is 0.181. The first-order chi connectivity index (χ1) is 8.67. The van der Waals surface area contributed by atoms with Crippen LogP contribution in [0.15, 0.2) is 18.2 Å². The molecule has 3 heteroatoms. The predicted octanol–water partition coefficient (Wildman–Crippen LogP) is 2.62. The molecule has 0 saturated heterocycles. The van der Waals surface area contributed by atoms with Crippen LogP contribution >= 0.6 is 0 Å². The summed E-state index contributed by atoms with van der Waals surface area (Å²) < 4.78 is 10.9. The summed E-state index contributed by atoms with van der Waals surface area (Å²) in [4.78, 5) is 11.0. The number of ether oxygens (including phenoxy) is 2. The third-order valence-corrected chi connectivity index (χ3v) is 2.38. The number of carbonyl (C=O) groups is 1. The molecule has 0 aromatic heterocycles. The topological polar surface area (TPSA) is 35.5 Å². The van der Waals surface area contributed by atoms with Crippen LogP contribution in [0.3, 0.4) is 0 Å². The highest BCUT2D eigenvalue weighted by molar-refractivity contribution is 5.75. The van der Waals surface area contributed by atoms with Crippen LogP contribution in [0.25, 0.3) is 0 Å². The lowest BCUT2D eigenvalue weighted by Crippen LogP contribution is -2.01. The third kappa shape index (κ3) is 4.50. The van der Waals surface area contributed by atoms with E-state index in [9.17, 15) is 4.79 Å². The van der Waals surface area contributed by atoms with Crippen LogP contribution in [0.1, 0.15) is 25.8 Å². The second-order valence-electron chi connectivity index (χ2n) is 3.91. The van der Waals surface area contributed by atoms with Crippen LogP contribution in [0.5, 0.6) is 11.5 Å². The molecule has 96 valence electrons. The van der Waals surface area contributed by atoms with Gasteiger partial charge in [0.1, 0.15) is 12.4 Å². The van der Waals surface area contributed by atoms with Crippen LogP contribution in [-0.4, -0.2) is 19.0 Å². The van der Waals surface area contributed by atoms with Crippen molar-refractivity contribution >= 4 is 5.78 Å². The summed E-state index contributed by atoms with van der Waals surface area (Å²) in [5.74, 6) is 3.91. The largest absolute Gasteiger partial charge is 0.490 e. The van der Waals surface area contributed by atoms with Crippen molar-refractivity contribution in [3.63, 3.8) is 0 Å². The van der Waals surface area contributed by atoms with E-state index in [1.54, 1.807) is 6.92 Å². The summed E-state index contributed by atoms with van der Waals surface area (Å²) in [6.45, 7) is 4.27. The normalized spacial score (nSPS) is 9.61. The van der Waals surface area contributed by atoms with Gasteiger partial charge in [-0.05, 0) is 38.0 Å². The molecule has 1 aromatic carbocycles. The highest BCUT2D eigenvalue weighted by atomic mass is 16.5. The number of carbonyl (C=O) groups excluding carboxylic acids is 1. The molecule has 0 unspecified atom stereocenters. The minimum atomic E-state index is 0.181. The molecule has 0 saturated carbocycles. The first-order valence-corrected chi connectivity index (χ1v) is 5.98. The van der Waals surface area contributed by atoms with Crippen molar-refractivity contribution in [1.29, 1.82) is 0 Å². The quantitative estimate of drug-likeness (QED) is 0.694. The Morgan fingerprint density at radius 1 is 1.33 bits per heavy atom. The number of hydrogen-bond donors (Lipinski definition) is 0. The Balaban J connectivity index is 2.81. The van der Waals surface area contributed by atoms with E-state index in [-0.39, 0.29) is 12.4 Å². The molecule has 0 heterocycles. The van der Waals surface area contributed by atoms with Gasteiger partial charge in [0.2, 0.25) is 0 Å². The van der Waals surface area contributed by atoms with Crippen LogP contribution in [0, 0.1) is 12.3 Å². The molecule has 1 aromatic rings. The first kappa shape index (κ1) is 14.1. The zero-order chi connectivity index (χ0) is 13.4. The highest BCUT2D eigenvalue weighted by Crippen LogP contribution is 2.28. The van der Waals surface area contributed by atoms with Crippen molar-refractivity contribution in [2.45, 2.75) is 26.7 Å². The second kappa shape index (κ2) is 7.39. The molecule has 18 heavy (non-hydrogen) atoms. The van der Waals surface area contributed by atoms with Gasteiger partial charge in [-0.25, -0.2) is 0 Å². The summed E-state index contributed by atoms with van der Waals surface area (Å²) in [6, 6.07) is 5.66. The number of rotatable bonds is 7. The average molecular weight is 246 g/mol. The molecule has 0 amide bonds. The van der Waals surface area contributed by atoms with E-state index in [4.69, 9.17) is 15.9 Å². The summed E-state index contributed by atoms with van der Waals surface area (Å²) in [5.41, 5.74) is 1.06. The lowest BCUT2D eigenvalue weighted by Gasteiger charge is -2.11. The number of hydrogen-bond acceptors (Lipinski definition) is 3. The molecule has 0 spiro atoms. The summed E-state index contributed by atoms with van der Waals surface area (Å²) in [7, 11) is 0. The minimum Gasteiger partial charge on any atom is -0.490 e. The van der Waals surface area contributed by atoms with Gasteiger partial charge in [-0.1, -0.05) is 12.0 Å². The number of benzene rings is 1. The number of ketones is 1. The van der Waals surface area contributed by atoms with Gasteiger partial charge in [0.25, 0.3) is 0 Å². The average Bonchev–Trinajstić information content (AvgIpc) is 2.35. The van der Waals surface area contributed by atoms with Gasteiger partial charge in [-0.3, -0.25) is 0 Å². The van der Waals surface area contributed by atoms with Gasteiger partial charge in [-0.15, -0.1) is 6.42 Å². The summed E-state index contributed by atoms with van der Waals surface area (Å²) in [5, 5.41) is 0. The van der Waals surface area contributed by atoms with Crippen molar-refractivity contribution in [2.75, 3.05) is 13.2 Å². The maximum Gasteiger partial charge on any atom is 0.162 e. The maximum atomic E-state index is 11.0. The van der Waals surface area contributed by atoms with Crippen LogP contribution in [0.4, 0.5) is 0 Å². The smallest absolute Gasteiger partial charge is 0.162 e. The van der Waals surface area contributed by atoms with Gasteiger partial charge in [0.15, 0.2) is 11.5 Å². The molecule has 0 bridgehead atoms. The fraction of sp³-hybridized carbons (Fsp3) is 0.400. The van der Waals surface area contributed by atoms with Crippen molar-refractivity contribution in [1.82, 2.24) is 0 Å². The molecular formula is C15H18O3. The SMILES string of the molecule is C#CCOc1ccc(CCC(C)=O)cc1OCC. The zero-order valence-electron chi connectivity index (χ0n) is 10.9. The Hall–Kier alpha value is -1.95. The summed E-state index contributed by atoms with van der Waals surface area (Å²) in [6.07, 6.45) is 6.41. The Morgan fingerprint density at radius 2 is 2.11 bits per heavy atom. The van der Waals surface area contributed by atoms with E-state index in [0.29, 0.717) is 30.9 Å². The van der Waals surface area contributed by atoms with Crippen LogP contribution in [-0.2, 0) is 11.2 Å². The molecule has 1 rings (SSSR count). The first-order valence-electron chi connectivity index (χ1n) is 5.98. The standard InChI is InChI=1S/C15H18O3/c1-4-10-18-14-9-8-13(7-6-12(3)16)11-15(14)17-5-2/h1,8-9,11H,5-7,10H2,2-3H3. The van der Waals surface area contributed by atoms with Crippen LogP contribution in [0.2, 0.25) is 0 Å². The van der Waals surface area contributed by atoms with Gasteiger partial charge in [0, 0.05) is 6.42 Å². The summed E-state index contributed by atoms with van der Waals surface area (Å²) >= 11 is 0. The fourth-order valence-corrected chi connectivity index (χ4v) is 1.54. The molecule has 0 aliphatic heterocycles. The van der Waals surface area contributed by atoms with Crippen molar-refractivity contribution < 1.29 is 14.3 Å². The second-order valence-corrected chi connectivity index (χ2v) is 3.91. The monoisotopic (exact) mass is 246 g/mol. The van der Waals surface area contributed by atoms with Gasteiger partial charge in [0.05, 0.1) is 6.61 Å². The Bertz CT molecular complexity index is 444. The van der Waals surface area contributed by atoms with E-state index < -0.39 is 0 Å². The van der Waals surface area contributed by atoms with E-state index in [0.717, 1.165) is 5.56 Å². The van der Waals surface area contributed by atoms with E-state index >= 15 is 0 Å². The van der Waals surface area contributed by atoms with E-state index in [1.807, 2.05) is 25.1 Å². The van der Waals surface area contributed by atoms with E-state index in [2.05, 4.69) is 5.92 Å². The lowest BCUT2D eigenvalue weighted by atomic mass is 10.1. The molecule has 0 atom stereocenters. The number of Topliss-reactive ketones (excluding diaryl/α,β-unsaturated/α-hetero) is 1. The zero-order valence-corrected chi connectivity index (χ0v) is 10.9. The molecule has 0 N–H and O–H groups in total.